The number of nitrogens with two attached hydrogens (primary N) is 1. The van der Waals surface area contributed by atoms with Crippen LogP contribution in [0.2, 0.25) is 0 Å². The molecule has 0 radical (unpaired) electrons. The molecule has 0 saturated heterocycles. The highest BCUT2D eigenvalue weighted by atomic mass is 32.1. The van der Waals surface area contributed by atoms with E-state index in [0.29, 0.717) is 12.5 Å². The monoisotopic (exact) mass is 494 g/mol. The molecule has 35 heavy (non-hydrogen) atoms. The number of hydrogen-bond acceptors (Lipinski definition) is 5. The van der Waals surface area contributed by atoms with Crippen LogP contribution in [0.4, 0.5) is 13.9 Å². The average Bonchev–Trinajstić information content (AvgIpc) is 3.30. The molecule has 184 valence electrons. The molecule has 4 nitrogen and oxygen atoms in total. The lowest BCUT2D eigenvalue weighted by Gasteiger charge is -2.12. The summed E-state index contributed by atoms with van der Waals surface area (Å²) < 4.78 is 29.8. The number of benzene rings is 3. The molecule has 3 N–H and O–H groups in total. The van der Waals surface area contributed by atoms with Crippen LogP contribution in [0.1, 0.15) is 53.8 Å². The second-order valence-electron chi connectivity index (χ2n) is 8.70. The SMILES string of the molecule is C[C@H](CN)c1ccc(F)cc1.Cc1cccc(Cc2nsc(NC[C@@H](C)c3ccc(F)cc3)n2)c1. The number of anilines is 1. The highest BCUT2D eigenvalue weighted by Crippen LogP contribution is 2.19. The van der Waals surface area contributed by atoms with Crippen LogP contribution in [0.15, 0.2) is 72.8 Å². The zero-order chi connectivity index (χ0) is 25.2. The van der Waals surface area contributed by atoms with E-state index in [-0.39, 0.29) is 17.6 Å². The van der Waals surface area contributed by atoms with Crippen LogP contribution in [0.3, 0.4) is 0 Å². The van der Waals surface area contributed by atoms with Crippen LogP contribution in [-0.2, 0) is 6.42 Å². The maximum Gasteiger partial charge on any atom is 0.202 e. The van der Waals surface area contributed by atoms with Gasteiger partial charge in [-0.15, -0.1) is 0 Å². The molecule has 0 amide bonds. The van der Waals surface area contributed by atoms with Gasteiger partial charge in [-0.2, -0.15) is 4.37 Å². The summed E-state index contributed by atoms with van der Waals surface area (Å²) >= 11 is 1.38. The average molecular weight is 495 g/mol. The first-order chi connectivity index (χ1) is 16.8. The summed E-state index contributed by atoms with van der Waals surface area (Å²) in [5, 5.41) is 4.15. The van der Waals surface area contributed by atoms with E-state index in [0.717, 1.165) is 35.0 Å². The Balaban J connectivity index is 0.000000261. The van der Waals surface area contributed by atoms with Gasteiger partial charge in [0.05, 0.1) is 0 Å². The molecular weight excluding hydrogens is 462 g/mol. The molecule has 0 saturated carbocycles. The number of aromatic nitrogens is 2. The standard InChI is InChI=1S/C19H20FN3S.C9H12FN/c1-13-4-3-5-15(10-13)11-18-22-19(24-23-18)21-12-14(2)16-6-8-17(20)9-7-16;1-7(6-11)8-2-4-9(10)5-3-8/h3-10,14H,11-12H2,1-2H3,(H,21,22,23);2-5,7H,6,11H2,1H3/t14-;7-/m11/s1. The Morgan fingerprint density at radius 2 is 1.49 bits per heavy atom. The van der Waals surface area contributed by atoms with Crippen molar-refractivity contribution < 1.29 is 8.78 Å². The summed E-state index contributed by atoms with van der Waals surface area (Å²) in [5.74, 6) is 1.02. The van der Waals surface area contributed by atoms with Crippen molar-refractivity contribution in [2.45, 2.75) is 39.0 Å². The Morgan fingerprint density at radius 1 is 0.886 bits per heavy atom. The van der Waals surface area contributed by atoms with E-state index in [1.807, 2.05) is 19.1 Å². The fourth-order valence-corrected chi connectivity index (χ4v) is 4.07. The van der Waals surface area contributed by atoms with Crippen molar-refractivity contribution in [1.29, 1.82) is 0 Å². The first-order valence-corrected chi connectivity index (χ1v) is 12.4. The largest absolute Gasteiger partial charge is 0.360 e. The molecule has 2 atom stereocenters. The third-order valence-corrected chi connectivity index (χ3v) is 6.41. The summed E-state index contributed by atoms with van der Waals surface area (Å²) in [5.41, 5.74) is 10.1. The number of nitrogens with zero attached hydrogens (tertiary/aromatic N) is 2. The van der Waals surface area contributed by atoms with E-state index < -0.39 is 0 Å². The Labute approximate surface area is 210 Å². The molecule has 0 bridgehead atoms. The zero-order valence-electron chi connectivity index (χ0n) is 20.3. The van der Waals surface area contributed by atoms with E-state index >= 15 is 0 Å². The Morgan fingerprint density at radius 3 is 2.06 bits per heavy atom. The maximum atomic E-state index is 13.0. The van der Waals surface area contributed by atoms with Gasteiger partial charge >= 0.3 is 0 Å². The van der Waals surface area contributed by atoms with Gasteiger partial charge in [-0.05, 0) is 66.3 Å². The quantitative estimate of drug-likeness (QED) is 0.287. The third kappa shape index (κ3) is 8.53. The fraction of sp³-hybridized carbons (Fsp3) is 0.286. The zero-order valence-corrected chi connectivity index (χ0v) is 21.2. The number of halogens is 2. The van der Waals surface area contributed by atoms with E-state index in [9.17, 15) is 8.78 Å². The summed E-state index contributed by atoms with van der Waals surface area (Å²) in [6.07, 6.45) is 0.743. The van der Waals surface area contributed by atoms with E-state index in [4.69, 9.17) is 5.73 Å². The van der Waals surface area contributed by atoms with Crippen LogP contribution < -0.4 is 11.1 Å². The van der Waals surface area contributed by atoms with Gasteiger partial charge < -0.3 is 11.1 Å². The van der Waals surface area contributed by atoms with Gasteiger partial charge in [-0.25, -0.2) is 13.8 Å². The van der Waals surface area contributed by atoms with E-state index in [1.165, 1.54) is 46.9 Å². The molecule has 7 heteroatoms. The van der Waals surface area contributed by atoms with Crippen molar-refractivity contribution >= 4 is 16.7 Å². The highest BCUT2D eigenvalue weighted by molar-refractivity contribution is 7.09. The highest BCUT2D eigenvalue weighted by Gasteiger charge is 2.09. The van der Waals surface area contributed by atoms with Crippen LogP contribution >= 0.6 is 11.5 Å². The molecule has 4 rings (SSSR count). The van der Waals surface area contributed by atoms with Gasteiger partial charge in [-0.3, -0.25) is 0 Å². The van der Waals surface area contributed by atoms with Crippen LogP contribution in [0.25, 0.3) is 0 Å². The predicted molar refractivity (Wildman–Crippen MR) is 141 cm³/mol. The van der Waals surface area contributed by atoms with E-state index in [2.05, 4.69) is 52.8 Å². The van der Waals surface area contributed by atoms with Gasteiger partial charge in [0.1, 0.15) is 17.5 Å². The van der Waals surface area contributed by atoms with Crippen molar-refractivity contribution in [2.75, 3.05) is 18.4 Å². The summed E-state index contributed by atoms with van der Waals surface area (Å²) in [6.45, 7) is 7.56. The molecule has 0 fully saturated rings. The van der Waals surface area contributed by atoms with Gasteiger partial charge in [-0.1, -0.05) is 67.9 Å². The predicted octanol–water partition coefficient (Wildman–Crippen LogP) is 6.68. The number of rotatable bonds is 8. The molecule has 3 aromatic carbocycles. The minimum Gasteiger partial charge on any atom is -0.360 e. The lowest BCUT2D eigenvalue weighted by Crippen LogP contribution is -2.09. The number of nitrogens with one attached hydrogen (secondary N) is 1. The number of hydrogen-bond donors (Lipinski definition) is 2. The van der Waals surface area contributed by atoms with Crippen LogP contribution in [0.5, 0.6) is 0 Å². The van der Waals surface area contributed by atoms with Crippen molar-refractivity contribution in [3.05, 3.63) is 113 Å². The van der Waals surface area contributed by atoms with Crippen LogP contribution in [-0.4, -0.2) is 22.4 Å². The topological polar surface area (TPSA) is 63.8 Å². The molecule has 0 aliphatic rings. The molecule has 0 aliphatic carbocycles. The van der Waals surface area contributed by atoms with Gasteiger partial charge in [0.2, 0.25) is 5.13 Å². The summed E-state index contributed by atoms with van der Waals surface area (Å²) in [4.78, 5) is 4.55. The first-order valence-electron chi connectivity index (χ1n) is 11.7. The minimum absolute atomic E-state index is 0.196. The molecule has 0 aliphatic heterocycles. The third-order valence-electron chi connectivity index (χ3n) is 5.70. The minimum atomic E-state index is -0.205. The molecule has 0 spiro atoms. The Kier molecular flexibility index (Phi) is 9.87. The molecular formula is C28H32F2N4S. The molecule has 1 aromatic heterocycles. The smallest absolute Gasteiger partial charge is 0.202 e. The molecule has 4 aromatic rings. The molecule has 0 unspecified atom stereocenters. The van der Waals surface area contributed by atoms with Gasteiger partial charge in [0.15, 0.2) is 0 Å². The lowest BCUT2D eigenvalue weighted by molar-refractivity contribution is 0.625. The maximum absolute atomic E-state index is 13.0. The fourth-order valence-electron chi connectivity index (χ4n) is 3.48. The van der Waals surface area contributed by atoms with Crippen molar-refractivity contribution in [1.82, 2.24) is 9.36 Å². The first kappa shape index (κ1) is 26.4. The van der Waals surface area contributed by atoms with Crippen LogP contribution in [0, 0.1) is 18.6 Å². The molecule has 1 heterocycles. The Bertz CT molecular complexity index is 1180. The van der Waals surface area contributed by atoms with Crippen molar-refractivity contribution in [2.24, 2.45) is 5.73 Å². The van der Waals surface area contributed by atoms with Gasteiger partial charge in [0.25, 0.3) is 0 Å². The Hall–Kier alpha value is -3.16. The second kappa shape index (κ2) is 13.1. The second-order valence-corrected chi connectivity index (χ2v) is 9.46. The normalized spacial score (nSPS) is 12.4. The van der Waals surface area contributed by atoms with Crippen molar-refractivity contribution in [3.63, 3.8) is 0 Å². The van der Waals surface area contributed by atoms with Crippen molar-refractivity contribution in [3.8, 4) is 0 Å². The lowest BCUT2D eigenvalue weighted by atomic mass is 10.0. The number of aryl methyl sites for hydroxylation is 1. The van der Waals surface area contributed by atoms with E-state index in [1.54, 1.807) is 12.1 Å². The summed E-state index contributed by atoms with van der Waals surface area (Å²) in [7, 11) is 0. The summed E-state index contributed by atoms with van der Waals surface area (Å²) in [6, 6.07) is 21.5. The van der Waals surface area contributed by atoms with Gasteiger partial charge in [0, 0.05) is 24.5 Å².